The molecule has 1 unspecified atom stereocenters. The van der Waals surface area contributed by atoms with E-state index < -0.39 is 21.1 Å². The smallest absolute Gasteiger partial charge is 0.271 e. The molecule has 4 rings (SSSR count). The van der Waals surface area contributed by atoms with Gasteiger partial charge in [-0.2, -0.15) is 0 Å². The van der Waals surface area contributed by atoms with E-state index in [0.717, 1.165) is 15.3 Å². The van der Waals surface area contributed by atoms with Gasteiger partial charge in [-0.25, -0.2) is 13.4 Å². The maximum atomic E-state index is 13.4. The summed E-state index contributed by atoms with van der Waals surface area (Å²) in [5.41, 5.74) is 1.41. The van der Waals surface area contributed by atoms with Crippen molar-refractivity contribution >= 4 is 32.4 Å². The van der Waals surface area contributed by atoms with Crippen LogP contribution in [-0.2, 0) is 16.6 Å². The minimum absolute atomic E-state index is 0.0202. The van der Waals surface area contributed by atoms with E-state index in [0.29, 0.717) is 0 Å². The van der Waals surface area contributed by atoms with E-state index in [2.05, 4.69) is 4.98 Å². The third-order valence-electron chi connectivity index (χ3n) is 4.97. The van der Waals surface area contributed by atoms with Crippen LogP contribution in [0, 0.1) is 10.1 Å². The Balaban J connectivity index is 1.69. The van der Waals surface area contributed by atoms with E-state index in [1.54, 1.807) is 29.1 Å². The predicted molar refractivity (Wildman–Crippen MR) is 120 cm³/mol. The number of imidazole rings is 1. The van der Waals surface area contributed by atoms with Crippen LogP contribution in [0.3, 0.4) is 0 Å². The first kappa shape index (κ1) is 21.5. The Kier molecular flexibility index (Phi) is 5.89. The molecule has 4 aromatic rings. The summed E-state index contributed by atoms with van der Waals surface area (Å²) in [5.74, 6) is 0. The second-order valence-electron chi connectivity index (χ2n) is 7.17. The maximum absolute atomic E-state index is 13.4. The van der Waals surface area contributed by atoms with Gasteiger partial charge in [-0.1, -0.05) is 36.4 Å². The zero-order valence-electron chi connectivity index (χ0n) is 16.9. The highest BCUT2D eigenvalue weighted by atomic mass is 32.2. The summed E-state index contributed by atoms with van der Waals surface area (Å²) in [5, 5.41) is 22.0. The second-order valence-corrected chi connectivity index (χ2v) is 9.03. The Bertz CT molecular complexity index is 1360. The van der Waals surface area contributed by atoms with Gasteiger partial charge < -0.3 is 9.67 Å². The number of fused-ring (bicyclic) bond motifs is 1. The number of nitro groups is 1. The number of para-hydroxylation sites is 2. The maximum Gasteiger partial charge on any atom is 0.271 e. The molecule has 1 aromatic heterocycles. The number of nitro benzene ring substituents is 1. The number of non-ortho nitro benzene ring substituents is 1. The predicted octanol–water partition coefficient (Wildman–Crippen LogP) is 3.20. The van der Waals surface area contributed by atoms with Crippen LogP contribution in [0.15, 0.2) is 90.1 Å². The number of hydrogen-bond donors (Lipinski definition) is 1. The summed E-state index contributed by atoms with van der Waals surface area (Å²) < 4.78 is 29.5. The highest BCUT2D eigenvalue weighted by Crippen LogP contribution is 2.27. The number of aromatic nitrogens is 2. The number of sulfonamides is 1. The second kappa shape index (κ2) is 8.77. The molecule has 0 amide bonds. The van der Waals surface area contributed by atoms with E-state index in [9.17, 15) is 23.6 Å². The third kappa shape index (κ3) is 4.32. The normalized spacial score (nSPS) is 12.5. The minimum Gasteiger partial charge on any atom is -0.389 e. The van der Waals surface area contributed by atoms with E-state index in [1.807, 2.05) is 24.3 Å². The molecule has 32 heavy (non-hydrogen) atoms. The summed E-state index contributed by atoms with van der Waals surface area (Å²) in [7, 11) is -4.09. The van der Waals surface area contributed by atoms with Crippen LogP contribution < -0.4 is 4.31 Å². The molecule has 10 heteroatoms. The Morgan fingerprint density at radius 3 is 2.50 bits per heavy atom. The minimum atomic E-state index is -4.09. The Morgan fingerprint density at radius 2 is 1.75 bits per heavy atom. The van der Waals surface area contributed by atoms with Gasteiger partial charge in [0.05, 0.1) is 52.1 Å². The van der Waals surface area contributed by atoms with Gasteiger partial charge in [0.2, 0.25) is 0 Å². The fourth-order valence-electron chi connectivity index (χ4n) is 3.46. The molecule has 3 aromatic carbocycles. The Labute approximate surface area is 184 Å². The van der Waals surface area contributed by atoms with Crippen molar-refractivity contribution in [2.45, 2.75) is 17.5 Å². The van der Waals surface area contributed by atoms with Crippen molar-refractivity contribution in [1.82, 2.24) is 9.55 Å². The first-order valence-electron chi connectivity index (χ1n) is 9.76. The first-order chi connectivity index (χ1) is 15.4. The molecule has 164 valence electrons. The van der Waals surface area contributed by atoms with Gasteiger partial charge in [-0.05, 0) is 30.3 Å². The SMILES string of the molecule is O=[N+]([O-])c1cccc(N(CC(O)Cn2cnc3ccccc32)S(=O)(=O)c2ccccc2)c1. The lowest BCUT2D eigenvalue weighted by Crippen LogP contribution is -2.39. The average molecular weight is 452 g/mol. The van der Waals surface area contributed by atoms with Crippen LogP contribution in [0.1, 0.15) is 0 Å². The summed E-state index contributed by atoms with van der Waals surface area (Å²) in [6.45, 7) is -0.207. The molecule has 9 nitrogen and oxygen atoms in total. The fourth-order valence-corrected chi connectivity index (χ4v) is 4.97. The van der Waals surface area contributed by atoms with Crippen LogP contribution in [0.4, 0.5) is 11.4 Å². The van der Waals surface area contributed by atoms with Gasteiger partial charge >= 0.3 is 0 Å². The van der Waals surface area contributed by atoms with Crippen LogP contribution in [0.5, 0.6) is 0 Å². The standard InChI is InChI=1S/C22H20N4O5S/c27-19(14-24-16-23-21-11-4-5-12-22(21)24)15-25(17-7-6-8-18(13-17)26(28)29)32(30,31)20-9-2-1-3-10-20/h1-13,16,19,27H,14-15H2. The molecule has 0 aliphatic rings. The van der Waals surface area contributed by atoms with Crippen molar-refractivity contribution < 1.29 is 18.4 Å². The molecule has 0 fully saturated rings. The zero-order valence-corrected chi connectivity index (χ0v) is 17.7. The lowest BCUT2D eigenvalue weighted by atomic mass is 10.2. The number of benzene rings is 3. The highest BCUT2D eigenvalue weighted by Gasteiger charge is 2.28. The van der Waals surface area contributed by atoms with Crippen molar-refractivity contribution in [2.24, 2.45) is 0 Å². The number of nitrogens with zero attached hydrogens (tertiary/aromatic N) is 4. The molecular weight excluding hydrogens is 432 g/mol. The number of aliphatic hydroxyl groups is 1. The van der Waals surface area contributed by atoms with Gasteiger partial charge in [0.25, 0.3) is 15.7 Å². The molecule has 0 saturated heterocycles. The van der Waals surface area contributed by atoms with Crippen molar-refractivity contribution in [2.75, 3.05) is 10.8 Å². The largest absolute Gasteiger partial charge is 0.389 e. The molecule has 0 bridgehead atoms. The van der Waals surface area contributed by atoms with E-state index >= 15 is 0 Å². The molecule has 0 aliphatic carbocycles. The van der Waals surface area contributed by atoms with Crippen molar-refractivity contribution in [1.29, 1.82) is 0 Å². The van der Waals surface area contributed by atoms with Gasteiger partial charge in [0.1, 0.15) is 0 Å². The molecule has 1 N–H and O–H groups in total. The van der Waals surface area contributed by atoms with Gasteiger partial charge in [-0.3, -0.25) is 14.4 Å². The third-order valence-corrected chi connectivity index (χ3v) is 6.78. The summed E-state index contributed by atoms with van der Waals surface area (Å²) >= 11 is 0. The van der Waals surface area contributed by atoms with Crippen LogP contribution in [0.25, 0.3) is 11.0 Å². The van der Waals surface area contributed by atoms with E-state index in [-0.39, 0.29) is 29.4 Å². The molecule has 0 aliphatic heterocycles. The topological polar surface area (TPSA) is 119 Å². The van der Waals surface area contributed by atoms with E-state index in [1.165, 1.54) is 36.4 Å². The van der Waals surface area contributed by atoms with Crippen molar-refractivity contribution in [3.63, 3.8) is 0 Å². The summed E-state index contributed by atoms with van der Waals surface area (Å²) in [4.78, 5) is 14.9. The van der Waals surface area contributed by atoms with Crippen molar-refractivity contribution in [3.05, 3.63) is 95.3 Å². The average Bonchev–Trinajstić information content (AvgIpc) is 3.21. The number of hydrogen-bond acceptors (Lipinski definition) is 6. The van der Waals surface area contributed by atoms with Gasteiger partial charge in [0.15, 0.2) is 0 Å². The molecule has 0 radical (unpaired) electrons. The number of anilines is 1. The quantitative estimate of drug-likeness (QED) is 0.324. The van der Waals surface area contributed by atoms with Gasteiger partial charge in [-0.15, -0.1) is 0 Å². The lowest BCUT2D eigenvalue weighted by Gasteiger charge is -2.27. The summed E-state index contributed by atoms with van der Waals surface area (Å²) in [6, 6.07) is 20.5. The van der Waals surface area contributed by atoms with Crippen LogP contribution >= 0.6 is 0 Å². The molecule has 0 saturated carbocycles. The molecular formula is C22H20N4O5S. The van der Waals surface area contributed by atoms with Crippen LogP contribution in [-0.4, -0.2) is 40.6 Å². The lowest BCUT2D eigenvalue weighted by molar-refractivity contribution is -0.384. The zero-order chi connectivity index (χ0) is 22.7. The van der Waals surface area contributed by atoms with Crippen LogP contribution in [0.2, 0.25) is 0 Å². The first-order valence-corrected chi connectivity index (χ1v) is 11.2. The molecule has 1 atom stereocenters. The van der Waals surface area contributed by atoms with E-state index in [4.69, 9.17) is 0 Å². The molecule has 0 spiro atoms. The summed E-state index contributed by atoms with van der Waals surface area (Å²) in [6.07, 6.45) is 0.474. The Morgan fingerprint density at radius 1 is 1.03 bits per heavy atom. The Hall–Kier alpha value is -3.76. The van der Waals surface area contributed by atoms with Gasteiger partial charge in [0, 0.05) is 12.1 Å². The fraction of sp³-hybridized carbons (Fsp3) is 0.136. The monoisotopic (exact) mass is 452 g/mol. The highest BCUT2D eigenvalue weighted by molar-refractivity contribution is 7.92. The molecule has 1 heterocycles. The number of rotatable bonds is 8. The van der Waals surface area contributed by atoms with Crippen molar-refractivity contribution in [3.8, 4) is 0 Å². The number of aliphatic hydroxyl groups excluding tert-OH is 1.